The number of anilines is 2. The Labute approximate surface area is 129 Å². The van der Waals surface area contributed by atoms with Crippen molar-refractivity contribution in [2.24, 2.45) is 11.7 Å². The van der Waals surface area contributed by atoms with Crippen molar-refractivity contribution in [2.75, 3.05) is 36.8 Å². The van der Waals surface area contributed by atoms with Crippen LogP contribution in [-0.2, 0) is 0 Å². The van der Waals surface area contributed by atoms with Gasteiger partial charge < -0.3 is 21.3 Å². The molecule has 0 radical (unpaired) electrons. The second-order valence-corrected chi connectivity index (χ2v) is 7.16. The van der Waals surface area contributed by atoms with Crippen molar-refractivity contribution in [3.05, 3.63) is 4.88 Å². The molecule has 3 rings (SSSR count). The highest BCUT2D eigenvalue weighted by molar-refractivity contribution is 7.18. The third kappa shape index (κ3) is 2.98. The van der Waals surface area contributed by atoms with Crippen LogP contribution in [0.2, 0.25) is 0 Å². The number of nitrogen functional groups attached to an aromatic ring is 1. The van der Waals surface area contributed by atoms with Crippen molar-refractivity contribution in [1.82, 2.24) is 9.88 Å². The monoisotopic (exact) mass is 309 g/mol. The predicted molar refractivity (Wildman–Crippen MR) is 85.6 cm³/mol. The Morgan fingerprint density at radius 1 is 1.29 bits per heavy atom. The first-order valence-corrected chi connectivity index (χ1v) is 8.42. The van der Waals surface area contributed by atoms with Gasteiger partial charge in [-0.1, -0.05) is 18.3 Å². The van der Waals surface area contributed by atoms with Crippen LogP contribution in [0.4, 0.5) is 10.9 Å². The van der Waals surface area contributed by atoms with E-state index in [2.05, 4.69) is 16.8 Å². The zero-order chi connectivity index (χ0) is 15.0. The van der Waals surface area contributed by atoms with Gasteiger partial charge in [-0.15, -0.1) is 0 Å². The molecule has 3 heterocycles. The quantitative estimate of drug-likeness (QED) is 0.855. The molecule has 1 unspecified atom stereocenters. The number of carbonyl (C=O) groups excluding carboxylic acids is 1. The average Bonchev–Trinajstić information content (AvgIpc) is 3.05. The standard InChI is InChI=1S/C14H23N5OS/c1-9-2-5-18(6-3-9)13(20)11-12(16)17-14(21-11)19-7-4-10(15)8-19/h9-10H,2-8,15-16H2,1H3. The smallest absolute Gasteiger partial charge is 0.267 e. The van der Waals surface area contributed by atoms with Gasteiger partial charge >= 0.3 is 0 Å². The number of thiazole rings is 1. The van der Waals surface area contributed by atoms with E-state index in [0.29, 0.717) is 16.6 Å². The van der Waals surface area contributed by atoms with E-state index >= 15 is 0 Å². The van der Waals surface area contributed by atoms with E-state index in [4.69, 9.17) is 11.5 Å². The average molecular weight is 309 g/mol. The molecule has 7 heteroatoms. The van der Waals surface area contributed by atoms with Gasteiger partial charge in [0.1, 0.15) is 10.7 Å². The number of carbonyl (C=O) groups is 1. The summed E-state index contributed by atoms with van der Waals surface area (Å²) in [6.07, 6.45) is 3.10. The summed E-state index contributed by atoms with van der Waals surface area (Å²) >= 11 is 1.40. The number of hydrogen-bond acceptors (Lipinski definition) is 6. The van der Waals surface area contributed by atoms with E-state index in [1.807, 2.05) is 4.90 Å². The lowest BCUT2D eigenvalue weighted by Crippen LogP contribution is -2.37. The van der Waals surface area contributed by atoms with E-state index in [9.17, 15) is 4.79 Å². The molecule has 2 aliphatic rings. The van der Waals surface area contributed by atoms with Crippen LogP contribution in [0, 0.1) is 5.92 Å². The van der Waals surface area contributed by atoms with Crippen molar-refractivity contribution in [1.29, 1.82) is 0 Å². The molecular weight excluding hydrogens is 286 g/mol. The molecular formula is C14H23N5OS. The van der Waals surface area contributed by atoms with Crippen LogP contribution in [0.3, 0.4) is 0 Å². The summed E-state index contributed by atoms with van der Waals surface area (Å²) < 4.78 is 0. The SMILES string of the molecule is CC1CCN(C(=O)c2sc(N3CCC(N)C3)nc2N)CC1. The van der Waals surface area contributed by atoms with E-state index in [1.165, 1.54) is 11.3 Å². The number of nitrogens with zero attached hydrogens (tertiary/aromatic N) is 3. The number of aromatic nitrogens is 1. The van der Waals surface area contributed by atoms with Gasteiger partial charge in [-0.05, 0) is 25.2 Å². The maximum atomic E-state index is 12.6. The fourth-order valence-electron chi connectivity index (χ4n) is 2.93. The molecule has 2 aliphatic heterocycles. The van der Waals surface area contributed by atoms with E-state index in [-0.39, 0.29) is 11.9 Å². The molecule has 2 fully saturated rings. The van der Waals surface area contributed by atoms with Gasteiger partial charge in [0, 0.05) is 32.2 Å². The van der Waals surface area contributed by atoms with E-state index < -0.39 is 0 Å². The summed E-state index contributed by atoms with van der Waals surface area (Å²) in [6, 6.07) is 0.192. The summed E-state index contributed by atoms with van der Waals surface area (Å²) in [7, 11) is 0. The van der Waals surface area contributed by atoms with Gasteiger partial charge in [0.2, 0.25) is 0 Å². The van der Waals surface area contributed by atoms with E-state index in [0.717, 1.165) is 50.6 Å². The Kier molecular flexibility index (Phi) is 4.03. The van der Waals surface area contributed by atoms with E-state index in [1.54, 1.807) is 0 Å². The van der Waals surface area contributed by atoms with Gasteiger partial charge in [0.05, 0.1) is 0 Å². The first-order chi connectivity index (χ1) is 10.0. The molecule has 1 aromatic rings. The lowest BCUT2D eigenvalue weighted by Gasteiger charge is -2.29. The second kappa shape index (κ2) is 5.81. The topological polar surface area (TPSA) is 88.5 Å². The van der Waals surface area contributed by atoms with Gasteiger partial charge in [-0.25, -0.2) is 4.98 Å². The normalized spacial score (nSPS) is 23.8. The maximum absolute atomic E-state index is 12.6. The summed E-state index contributed by atoms with van der Waals surface area (Å²) in [5.74, 6) is 1.10. The largest absolute Gasteiger partial charge is 0.382 e. The van der Waals surface area contributed by atoms with Crippen molar-refractivity contribution >= 4 is 28.2 Å². The molecule has 0 aliphatic carbocycles. The lowest BCUT2D eigenvalue weighted by atomic mass is 9.99. The van der Waals surface area contributed by atoms with Gasteiger partial charge in [-0.2, -0.15) is 0 Å². The molecule has 0 aromatic carbocycles. The summed E-state index contributed by atoms with van der Waals surface area (Å²) in [5, 5.41) is 0.828. The van der Waals surface area contributed by atoms with Crippen molar-refractivity contribution in [3.8, 4) is 0 Å². The number of nitrogens with two attached hydrogens (primary N) is 2. The summed E-state index contributed by atoms with van der Waals surface area (Å²) in [4.78, 5) is 21.6. The molecule has 6 nitrogen and oxygen atoms in total. The van der Waals surface area contributed by atoms with Gasteiger partial charge in [-0.3, -0.25) is 4.79 Å². The Morgan fingerprint density at radius 3 is 2.62 bits per heavy atom. The Balaban J connectivity index is 1.73. The molecule has 0 bridgehead atoms. The van der Waals surface area contributed by atoms with Crippen LogP contribution in [-0.4, -0.2) is 48.0 Å². The van der Waals surface area contributed by atoms with Crippen molar-refractivity contribution in [2.45, 2.75) is 32.2 Å². The highest BCUT2D eigenvalue weighted by Gasteiger charge is 2.28. The molecule has 0 spiro atoms. The summed E-state index contributed by atoms with van der Waals surface area (Å²) in [5.41, 5.74) is 11.9. The lowest BCUT2D eigenvalue weighted by molar-refractivity contribution is 0.0703. The molecule has 1 amide bonds. The molecule has 2 saturated heterocycles. The van der Waals surface area contributed by atoms with Gasteiger partial charge in [0.25, 0.3) is 5.91 Å². The minimum absolute atomic E-state index is 0.0339. The van der Waals surface area contributed by atoms with Gasteiger partial charge in [0.15, 0.2) is 5.13 Å². The fraction of sp³-hybridized carbons (Fsp3) is 0.714. The third-order valence-electron chi connectivity index (χ3n) is 4.40. The number of piperidine rings is 1. The van der Waals surface area contributed by atoms with Crippen molar-refractivity contribution < 1.29 is 4.79 Å². The second-order valence-electron chi connectivity index (χ2n) is 6.18. The van der Waals surface area contributed by atoms with Crippen LogP contribution in [0.5, 0.6) is 0 Å². The molecule has 116 valence electrons. The molecule has 1 atom stereocenters. The third-order valence-corrected chi connectivity index (χ3v) is 5.52. The van der Waals surface area contributed by atoms with Crippen LogP contribution in [0.15, 0.2) is 0 Å². The minimum Gasteiger partial charge on any atom is -0.382 e. The zero-order valence-electron chi connectivity index (χ0n) is 12.4. The fourth-order valence-corrected chi connectivity index (χ4v) is 3.91. The highest BCUT2D eigenvalue weighted by Crippen LogP contribution is 2.32. The summed E-state index contributed by atoms with van der Waals surface area (Å²) in [6.45, 7) is 5.56. The first kappa shape index (κ1) is 14.6. The minimum atomic E-state index is 0.0339. The van der Waals surface area contributed by atoms with Crippen LogP contribution < -0.4 is 16.4 Å². The molecule has 4 N–H and O–H groups in total. The maximum Gasteiger partial charge on any atom is 0.267 e. The molecule has 0 saturated carbocycles. The van der Waals surface area contributed by atoms with Crippen LogP contribution in [0.25, 0.3) is 0 Å². The molecule has 21 heavy (non-hydrogen) atoms. The Bertz CT molecular complexity index is 523. The van der Waals surface area contributed by atoms with Crippen LogP contribution >= 0.6 is 11.3 Å². The number of hydrogen-bond donors (Lipinski definition) is 2. The Morgan fingerprint density at radius 2 is 2.00 bits per heavy atom. The number of rotatable bonds is 2. The van der Waals surface area contributed by atoms with Crippen LogP contribution in [0.1, 0.15) is 35.9 Å². The molecule has 1 aromatic heterocycles. The number of amides is 1. The predicted octanol–water partition coefficient (Wildman–Crippen LogP) is 1.13. The Hall–Kier alpha value is -1.34. The highest BCUT2D eigenvalue weighted by atomic mass is 32.1. The van der Waals surface area contributed by atoms with Crippen molar-refractivity contribution in [3.63, 3.8) is 0 Å². The zero-order valence-corrected chi connectivity index (χ0v) is 13.2. The number of likely N-dealkylation sites (tertiary alicyclic amines) is 1. The first-order valence-electron chi connectivity index (χ1n) is 7.60.